The van der Waals surface area contributed by atoms with Crippen LogP contribution in [-0.2, 0) is 20.0 Å². The predicted octanol–water partition coefficient (Wildman–Crippen LogP) is 2.59. The second-order valence-corrected chi connectivity index (χ2v) is 9.37. The summed E-state index contributed by atoms with van der Waals surface area (Å²) in [5, 5.41) is 21.7. The first-order valence-corrected chi connectivity index (χ1v) is 11.4. The van der Waals surface area contributed by atoms with Crippen molar-refractivity contribution in [3.8, 4) is 0 Å². The molecule has 2 aromatic carbocycles. The van der Waals surface area contributed by atoms with Crippen molar-refractivity contribution in [3.63, 3.8) is 0 Å². The highest BCUT2D eigenvalue weighted by Gasteiger charge is 2.19. The van der Waals surface area contributed by atoms with Crippen LogP contribution in [0.1, 0.15) is 0 Å². The maximum atomic E-state index is 12.4. The van der Waals surface area contributed by atoms with Gasteiger partial charge in [-0.1, -0.05) is 12.1 Å². The zero-order valence-corrected chi connectivity index (χ0v) is 17.4. The van der Waals surface area contributed by atoms with Gasteiger partial charge in [0.25, 0.3) is 31.4 Å². The van der Waals surface area contributed by atoms with Crippen LogP contribution in [0.15, 0.2) is 91.4 Å². The lowest BCUT2D eigenvalue weighted by atomic mass is 10.1. The summed E-state index contributed by atoms with van der Waals surface area (Å²) in [5.41, 5.74) is -0.963. The van der Waals surface area contributed by atoms with Gasteiger partial charge >= 0.3 is 0 Å². The highest BCUT2D eigenvalue weighted by molar-refractivity contribution is 7.90. The third-order valence-corrected chi connectivity index (χ3v) is 6.56. The van der Waals surface area contributed by atoms with E-state index in [4.69, 9.17) is 0 Å². The Morgan fingerprint density at radius 2 is 0.969 bits per heavy atom. The molecule has 0 spiro atoms. The minimum absolute atomic E-state index is 0.0665. The first kappa shape index (κ1) is 22.6. The molecule has 0 N–H and O–H groups in total. The van der Waals surface area contributed by atoms with Gasteiger partial charge in [-0.2, -0.15) is 25.6 Å². The Hall–Kier alpha value is -4.04. The highest BCUT2D eigenvalue weighted by Crippen LogP contribution is 2.21. The number of benzene rings is 2. The number of nitro benzene ring substituents is 2. The molecule has 1 aliphatic rings. The van der Waals surface area contributed by atoms with E-state index in [2.05, 4.69) is 8.80 Å². The molecule has 0 radical (unpaired) electrons. The van der Waals surface area contributed by atoms with E-state index in [1.165, 1.54) is 36.4 Å². The molecular weight excluding hydrogens is 464 g/mol. The molecular formula is C18H12N4O8S2. The Balaban J connectivity index is 1.86. The van der Waals surface area contributed by atoms with E-state index in [-0.39, 0.29) is 21.2 Å². The molecule has 0 amide bonds. The average Bonchev–Trinajstić information content (AvgIpc) is 2.75. The molecule has 0 saturated carbocycles. The van der Waals surface area contributed by atoms with Crippen LogP contribution in [0, 0.1) is 20.2 Å². The van der Waals surface area contributed by atoms with Gasteiger partial charge in [0.15, 0.2) is 0 Å². The molecule has 2 aromatic rings. The maximum Gasteiger partial charge on any atom is 0.283 e. The highest BCUT2D eigenvalue weighted by atomic mass is 32.2. The van der Waals surface area contributed by atoms with E-state index < -0.39 is 41.3 Å². The van der Waals surface area contributed by atoms with Gasteiger partial charge in [-0.15, -0.1) is 0 Å². The van der Waals surface area contributed by atoms with Gasteiger partial charge in [0.2, 0.25) is 0 Å². The number of nitro groups is 2. The molecule has 32 heavy (non-hydrogen) atoms. The first-order valence-electron chi connectivity index (χ1n) is 8.53. The third kappa shape index (κ3) is 5.16. The van der Waals surface area contributed by atoms with Crippen LogP contribution in [0.2, 0.25) is 0 Å². The van der Waals surface area contributed by atoms with Crippen LogP contribution in [0.5, 0.6) is 0 Å². The molecule has 0 fully saturated rings. The summed E-state index contributed by atoms with van der Waals surface area (Å²) < 4.78 is 56.7. The zero-order chi connectivity index (χ0) is 23.5. The first-order chi connectivity index (χ1) is 15.0. The topological polar surface area (TPSA) is 179 Å². The molecule has 14 heteroatoms. The van der Waals surface area contributed by atoms with Crippen molar-refractivity contribution in [3.05, 3.63) is 93.1 Å². The Morgan fingerprint density at radius 1 is 0.625 bits per heavy atom. The second kappa shape index (κ2) is 8.60. The number of sulfonamides is 2. The van der Waals surface area contributed by atoms with E-state index in [1.54, 1.807) is 0 Å². The van der Waals surface area contributed by atoms with Crippen LogP contribution < -0.4 is 0 Å². The van der Waals surface area contributed by atoms with Crippen molar-refractivity contribution >= 4 is 42.8 Å². The van der Waals surface area contributed by atoms with Gasteiger partial charge in [0.05, 0.1) is 31.1 Å². The standard InChI is InChI=1S/C18H12N4O8S2/c23-21(24)15-3-1-5-17(11-15)31(27,28)19-13-7-9-14(10-8-13)20-32(29,30)18-6-2-4-16(12-18)22(25)26/h1-12H. The van der Waals surface area contributed by atoms with Crippen LogP contribution in [-0.4, -0.2) is 38.1 Å². The van der Waals surface area contributed by atoms with Crippen molar-refractivity contribution in [2.24, 2.45) is 8.80 Å². The molecule has 0 bridgehead atoms. The fourth-order valence-corrected chi connectivity index (χ4v) is 4.52. The van der Waals surface area contributed by atoms with E-state index >= 15 is 0 Å². The molecule has 0 saturated heterocycles. The summed E-state index contributed by atoms with van der Waals surface area (Å²) >= 11 is 0. The van der Waals surface area contributed by atoms with E-state index in [1.807, 2.05) is 0 Å². The monoisotopic (exact) mass is 476 g/mol. The van der Waals surface area contributed by atoms with E-state index in [9.17, 15) is 37.1 Å². The van der Waals surface area contributed by atoms with E-state index in [0.717, 1.165) is 36.4 Å². The van der Waals surface area contributed by atoms with Gasteiger partial charge in [0.1, 0.15) is 0 Å². The third-order valence-electron chi connectivity index (χ3n) is 3.95. The Labute approximate surface area is 181 Å². The molecule has 0 aliphatic heterocycles. The summed E-state index contributed by atoms with van der Waals surface area (Å²) in [5.74, 6) is 0. The van der Waals surface area contributed by atoms with Crippen LogP contribution in [0.3, 0.4) is 0 Å². The average molecular weight is 476 g/mol. The lowest BCUT2D eigenvalue weighted by Crippen LogP contribution is -2.07. The van der Waals surface area contributed by atoms with Crippen molar-refractivity contribution < 1.29 is 26.7 Å². The predicted molar refractivity (Wildman–Crippen MR) is 114 cm³/mol. The van der Waals surface area contributed by atoms with Crippen molar-refractivity contribution in [2.45, 2.75) is 9.79 Å². The van der Waals surface area contributed by atoms with Crippen LogP contribution in [0.25, 0.3) is 0 Å². The van der Waals surface area contributed by atoms with Crippen LogP contribution >= 0.6 is 0 Å². The SMILES string of the molecule is O=[N+]([O-])c1cccc(S(=O)(=O)N=C2C=CC(=NS(=O)(=O)c3cccc([N+](=O)[O-])c3)C=C2)c1. The Kier molecular flexibility index (Phi) is 6.09. The lowest BCUT2D eigenvalue weighted by molar-refractivity contribution is -0.385. The number of rotatable bonds is 6. The van der Waals surface area contributed by atoms with Gasteiger partial charge in [-0.25, -0.2) is 0 Å². The van der Waals surface area contributed by atoms with Crippen LogP contribution in [0.4, 0.5) is 11.4 Å². The number of nitrogens with zero attached hydrogens (tertiary/aromatic N) is 4. The number of hydrogen-bond acceptors (Lipinski definition) is 8. The smallest absolute Gasteiger partial charge is 0.258 e. The fraction of sp³-hybridized carbons (Fsp3) is 0. The Morgan fingerprint density at radius 3 is 1.28 bits per heavy atom. The largest absolute Gasteiger partial charge is 0.283 e. The quantitative estimate of drug-likeness (QED) is 0.346. The van der Waals surface area contributed by atoms with E-state index in [0.29, 0.717) is 0 Å². The minimum Gasteiger partial charge on any atom is -0.258 e. The number of allylic oxidation sites excluding steroid dienone is 4. The normalized spacial score (nSPS) is 13.6. The maximum absolute atomic E-state index is 12.4. The van der Waals surface area contributed by atoms with Gasteiger partial charge < -0.3 is 0 Å². The molecule has 0 unspecified atom stereocenters. The molecule has 164 valence electrons. The molecule has 12 nitrogen and oxygen atoms in total. The zero-order valence-electron chi connectivity index (χ0n) is 15.8. The van der Waals surface area contributed by atoms with Gasteiger partial charge in [-0.3, -0.25) is 20.2 Å². The second-order valence-electron chi connectivity index (χ2n) is 6.16. The molecule has 3 rings (SSSR count). The summed E-state index contributed by atoms with van der Waals surface area (Å²) in [4.78, 5) is 19.4. The molecule has 0 atom stereocenters. The number of hydrogen-bond donors (Lipinski definition) is 0. The number of non-ortho nitro benzene ring substituents is 2. The van der Waals surface area contributed by atoms with Crippen molar-refractivity contribution in [1.82, 2.24) is 0 Å². The molecule has 0 heterocycles. The Bertz CT molecular complexity index is 1330. The minimum atomic E-state index is -4.27. The summed E-state index contributed by atoms with van der Waals surface area (Å²) in [6.07, 6.45) is 4.76. The summed E-state index contributed by atoms with van der Waals surface area (Å²) in [6, 6.07) is 8.74. The summed E-state index contributed by atoms with van der Waals surface area (Å²) in [6.45, 7) is 0. The molecule has 0 aromatic heterocycles. The van der Waals surface area contributed by atoms with Crippen molar-refractivity contribution in [2.75, 3.05) is 0 Å². The molecule has 1 aliphatic carbocycles. The fourth-order valence-electron chi connectivity index (χ4n) is 2.47. The van der Waals surface area contributed by atoms with Gasteiger partial charge in [0, 0.05) is 24.3 Å². The van der Waals surface area contributed by atoms with Crippen molar-refractivity contribution in [1.29, 1.82) is 0 Å². The van der Waals surface area contributed by atoms with Gasteiger partial charge in [-0.05, 0) is 36.4 Å². The lowest BCUT2D eigenvalue weighted by Gasteiger charge is -2.04. The summed E-state index contributed by atoms with van der Waals surface area (Å²) in [7, 11) is -8.53.